The highest BCUT2D eigenvalue weighted by Crippen LogP contribution is 2.17. The van der Waals surface area contributed by atoms with Crippen LogP contribution in [0.15, 0.2) is 0 Å². The standard InChI is InChI=1S/C7H14N2O2/c1-5(10)4-8-7(11)9-6-2-3-6/h5-6,10H,2-4H2,1H3,(H2,8,9,11)/t5-/m1/s1. The lowest BCUT2D eigenvalue weighted by molar-refractivity contribution is 0.187. The van der Waals surface area contributed by atoms with Gasteiger partial charge in [-0.2, -0.15) is 0 Å². The average molecular weight is 158 g/mol. The summed E-state index contributed by atoms with van der Waals surface area (Å²) in [5.41, 5.74) is 0. The van der Waals surface area contributed by atoms with E-state index < -0.39 is 6.10 Å². The predicted molar refractivity (Wildman–Crippen MR) is 41.2 cm³/mol. The zero-order valence-corrected chi connectivity index (χ0v) is 6.63. The molecular weight excluding hydrogens is 144 g/mol. The molecule has 0 aromatic carbocycles. The molecule has 3 N–H and O–H groups in total. The van der Waals surface area contributed by atoms with Crippen LogP contribution < -0.4 is 10.6 Å². The third-order valence-electron chi connectivity index (χ3n) is 1.47. The second kappa shape index (κ2) is 3.57. The monoisotopic (exact) mass is 158 g/mol. The van der Waals surface area contributed by atoms with E-state index in [1.165, 1.54) is 0 Å². The molecule has 0 aromatic heterocycles. The smallest absolute Gasteiger partial charge is 0.315 e. The molecule has 4 heteroatoms. The Morgan fingerprint density at radius 1 is 1.73 bits per heavy atom. The lowest BCUT2D eigenvalue weighted by Gasteiger charge is -2.07. The van der Waals surface area contributed by atoms with E-state index in [1.54, 1.807) is 6.92 Å². The van der Waals surface area contributed by atoms with Crippen LogP contribution in [0.2, 0.25) is 0 Å². The third-order valence-corrected chi connectivity index (χ3v) is 1.47. The molecule has 0 heterocycles. The van der Waals surface area contributed by atoms with Gasteiger partial charge in [-0.3, -0.25) is 0 Å². The fourth-order valence-electron chi connectivity index (χ4n) is 0.705. The maximum atomic E-state index is 10.9. The maximum absolute atomic E-state index is 10.9. The van der Waals surface area contributed by atoms with E-state index in [0.717, 1.165) is 12.8 Å². The largest absolute Gasteiger partial charge is 0.392 e. The van der Waals surface area contributed by atoms with E-state index in [0.29, 0.717) is 12.6 Å². The van der Waals surface area contributed by atoms with Gasteiger partial charge in [-0.15, -0.1) is 0 Å². The molecular formula is C7H14N2O2. The number of aliphatic hydroxyl groups is 1. The van der Waals surface area contributed by atoms with E-state index in [1.807, 2.05) is 0 Å². The van der Waals surface area contributed by atoms with E-state index in [2.05, 4.69) is 10.6 Å². The zero-order chi connectivity index (χ0) is 8.27. The van der Waals surface area contributed by atoms with Crippen LogP contribution in [-0.2, 0) is 0 Å². The summed E-state index contributed by atoms with van der Waals surface area (Å²) >= 11 is 0. The molecule has 64 valence electrons. The van der Waals surface area contributed by atoms with Crippen molar-refractivity contribution in [2.75, 3.05) is 6.54 Å². The Morgan fingerprint density at radius 3 is 2.82 bits per heavy atom. The first-order valence-corrected chi connectivity index (χ1v) is 3.91. The third kappa shape index (κ3) is 3.83. The fraction of sp³-hybridized carbons (Fsp3) is 0.857. The Bertz CT molecular complexity index is 143. The van der Waals surface area contributed by atoms with Crippen LogP contribution in [-0.4, -0.2) is 29.8 Å². The van der Waals surface area contributed by atoms with Crippen LogP contribution in [0.3, 0.4) is 0 Å². The molecule has 0 radical (unpaired) electrons. The van der Waals surface area contributed by atoms with Crippen LogP contribution in [0.25, 0.3) is 0 Å². The number of nitrogens with one attached hydrogen (secondary N) is 2. The molecule has 0 spiro atoms. The lowest BCUT2D eigenvalue weighted by atomic mass is 10.4. The Morgan fingerprint density at radius 2 is 2.36 bits per heavy atom. The summed E-state index contributed by atoms with van der Waals surface area (Å²) in [4.78, 5) is 10.9. The van der Waals surface area contributed by atoms with Gasteiger partial charge in [0.2, 0.25) is 0 Å². The summed E-state index contributed by atoms with van der Waals surface area (Å²) in [6.07, 6.45) is 1.70. The second-order valence-corrected chi connectivity index (χ2v) is 2.98. The van der Waals surface area contributed by atoms with Gasteiger partial charge in [0.15, 0.2) is 0 Å². The highest BCUT2D eigenvalue weighted by Gasteiger charge is 2.22. The highest BCUT2D eigenvalue weighted by atomic mass is 16.3. The van der Waals surface area contributed by atoms with Crippen molar-refractivity contribution in [1.82, 2.24) is 10.6 Å². The minimum Gasteiger partial charge on any atom is -0.392 e. The molecule has 0 bridgehead atoms. The SMILES string of the molecule is C[C@@H](O)CNC(=O)NC1CC1. The first-order chi connectivity index (χ1) is 5.18. The number of carbonyl (C=O) groups is 1. The Hall–Kier alpha value is -0.770. The number of amides is 2. The Balaban J connectivity index is 2.00. The maximum Gasteiger partial charge on any atom is 0.315 e. The first kappa shape index (κ1) is 8.33. The first-order valence-electron chi connectivity index (χ1n) is 3.91. The van der Waals surface area contributed by atoms with Crippen LogP contribution in [0.5, 0.6) is 0 Å². The van der Waals surface area contributed by atoms with Crippen LogP contribution in [0.4, 0.5) is 4.79 Å². The number of hydrogen-bond donors (Lipinski definition) is 3. The lowest BCUT2D eigenvalue weighted by Crippen LogP contribution is -2.39. The predicted octanol–water partition coefficient (Wildman–Crippen LogP) is -0.171. The summed E-state index contributed by atoms with van der Waals surface area (Å²) in [5.74, 6) is 0. The molecule has 1 rings (SSSR count). The topological polar surface area (TPSA) is 61.4 Å². The van der Waals surface area contributed by atoms with Crippen molar-refractivity contribution >= 4 is 6.03 Å². The second-order valence-electron chi connectivity index (χ2n) is 2.98. The van der Waals surface area contributed by atoms with Crippen LogP contribution in [0, 0.1) is 0 Å². The summed E-state index contributed by atoms with van der Waals surface area (Å²) in [7, 11) is 0. The zero-order valence-electron chi connectivity index (χ0n) is 6.63. The number of carbonyl (C=O) groups excluding carboxylic acids is 1. The van der Waals surface area contributed by atoms with E-state index in [4.69, 9.17) is 5.11 Å². The van der Waals surface area contributed by atoms with E-state index in [9.17, 15) is 4.79 Å². The van der Waals surface area contributed by atoms with Crippen molar-refractivity contribution < 1.29 is 9.90 Å². The summed E-state index contributed by atoms with van der Waals surface area (Å²) in [6.45, 7) is 1.95. The van der Waals surface area contributed by atoms with Crippen molar-refractivity contribution in [3.8, 4) is 0 Å². The van der Waals surface area contributed by atoms with Gasteiger partial charge in [0.1, 0.15) is 0 Å². The number of aliphatic hydroxyl groups excluding tert-OH is 1. The van der Waals surface area contributed by atoms with Crippen LogP contribution in [0.1, 0.15) is 19.8 Å². The number of urea groups is 1. The molecule has 0 unspecified atom stereocenters. The van der Waals surface area contributed by atoms with Gasteiger partial charge in [-0.25, -0.2) is 4.79 Å². The van der Waals surface area contributed by atoms with Crippen molar-refractivity contribution in [3.63, 3.8) is 0 Å². The van der Waals surface area contributed by atoms with E-state index in [-0.39, 0.29) is 6.03 Å². The summed E-state index contributed by atoms with van der Waals surface area (Å²) in [5, 5.41) is 14.1. The molecule has 0 saturated heterocycles. The van der Waals surface area contributed by atoms with Crippen molar-refractivity contribution in [3.05, 3.63) is 0 Å². The normalized spacial score (nSPS) is 19.1. The fourth-order valence-corrected chi connectivity index (χ4v) is 0.705. The van der Waals surface area contributed by atoms with Crippen LogP contribution >= 0.6 is 0 Å². The molecule has 4 nitrogen and oxygen atoms in total. The minimum atomic E-state index is -0.472. The molecule has 0 aliphatic heterocycles. The van der Waals surface area contributed by atoms with Gasteiger partial charge < -0.3 is 15.7 Å². The minimum absolute atomic E-state index is 0.173. The quantitative estimate of drug-likeness (QED) is 0.534. The Labute approximate surface area is 66.0 Å². The number of rotatable bonds is 3. The molecule has 0 aromatic rings. The van der Waals surface area contributed by atoms with Crippen molar-refractivity contribution in [2.45, 2.75) is 31.9 Å². The van der Waals surface area contributed by atoms with Gasteiger partial charge in [-0.1, -0.05) is 0 Å². The average Bonchev–Trinajstić information content (AvgIpc) is 2.67. The van der Waals surface area contributed by atoms with Gasteiger partial charge >= 0.3 is 6.03 Å². The summed E-state index contributed by atoms with van der Waals surface area (Å²) < 4.78 is 0. The van der Waals surface area contributed by atoms with Crippen molar-refractivity contribution in [1.29, 1.82) is 0 Å². The van der Waals surface area contributed by atoms with Gasteiger partial charge in [-0.05, 0) is 19.8 Å². The highest BCUT2D eigenvalue weighted by molar-refractivity contribution is 5.74. The summed E-state index contributed by atoms with van der Waals surface area (Å²) in [6, 6.07) is 0.206. The molecule has 1 aliphatic carbocycles. The van der Waals surface area contributed by atoms with Gasteiger partial charge in [0.25, 0.3) is 0 Å². The van der Waals surface area contributed by atoms with E-state index >= 15 is 0 Å². The number of hydrogen-bond acceptors (Lipinski definition) is 2. The Kier molecular flexibility index (Phi) is 2.70. The van der Waals surface area contributed by atoms with Crippen molar-refractivity contribution in [2.24, 2.45) is 0 Å². The molecule has 1 fully saturated rings. The molecule has 11 heavy (non-hydrogen) atoms. The van der Waals surface area contributed by atoms with Gasteiger partial charge in [0.05, 0.1) is 6.10 Å². The van der Waals surface area contributed by atoms with Gasteiger partial charge in [0, 0.05) is 12.6 Å². The molecule has 2 amide bonds. The molecule has 1 atom stereocenters. The molecule has 1 aliphatic rings. The molecule has 1 saturated carbocycles.